The minimum atomic E-state index is -3.14. The molecule has 0 spiro atoms. The first-order chi connectivity index (χ1) is 10.3. The maximum atomic E-state index is 12.1. The van der Waals surface area contributed by atoms with Crippen molar-refractivity contribution in [3.05, 3.63) is 29.8 Å². The summed E-state index contributed by atoms with van der Waals surface area (Å²) >= 11 is 1.07. The molecule has 0 heterocycles. The molecule has 122 valence electrons. The van der Waals surface area contributed by atoms with Gasteiger partial charge in [0.2, 0.25) is 0 Å². The fraction of sp³-hybridized carbons (Fsp3) is 0.429. The summed E-state index contributed by atoms with van der Waals surface area (Å²) in [6, 6.07) is 6.64. The average molecular weight is 345 g/mol. The summed E-state index contributed by atoms with van der Waals surface area (Å²) in [4.78, 5) is 23.6. The van der Waals surface area contributed by atoms with Crippen molar-refractivity contribution in [1.29, 1.82) is 0 Å². The van der Waals surface area contributed by atoms with Crippen molar-refractivity contribution in [3.63, 3.8) is 0 Å². The zero-order valence-corrected chi connectivity index (χ0v) is 14.0. The first kappa shape index (κ1) is 18.5. The van der Waals surface area contributed by atoms with Gasteiger partial charge in [-0.2, -0.15) is 0 Å². The Labute approximate surface area is 134 Å². The van der Waals surface area contributed by atoms with E-state index in [1.165, 1.54) is 6.92 Å². The van der Waals surface area contributed by atoms with Gasteiger partial charge in [0.05, 0.1) is 11.3 Å². The fourth-order valence-electron chi connectivity index (χ4n) is 1.56. The normalized spacial score (nSPS) is 12.6. The van der Waals surface area contributed by atoms with Crippen LogP contribution in [0.4, 0.5) is 0 Å². The molecule has 8 heteroatoms. The molecule has 0 aliphatic rings. The Morgan fingerprint density at radius 2 is 1.95 bits per heavy atom. The van der Waals surface area contributed by atoms with Gasteiger partial charge in [-0.3, -0.25) is 9.59 Å². The second-order valence-corrected chi connectivity index (χ2v) is 8.44. The third kappa shape index (κ3) is 5.69. The van der Waals surface area contributed by atoms with Crippen LogP contribution in [0.1, 0.15) is 24.2 Å². The predicted molar refractivity (Wildman–Crippen MR) is 86.1 cm³/mol. The maximum absolute atomic E-state index is 12.1. The highest BCUT2D eigenvalue weighted by molar-refractivity contribution is 8.00. The van der Waals surface area contributed by atoms with Crippen LogP contribution in [-0.2, 0) is 14.6 Å². The zero-order valence-electron chi connectivity index (χ0n) is 12.4. The van der Waals surface area contributed by atoms with Gasteiger partial charge in [0.1, 0.15) is 5.25 Å². The molecule has 1 unspecified atom stereocenters. The zero-order chi connectivity index (χ0) is 16.8. The molecule has 0 fully saturated rings. The second kappa shape index (κ2) is 8.19. The fourth-order valence-corrected chi connectivity index (χ4v) is 3.19. The number of nitrogens with one attached hydrogen (secondary N) is 1. The Morgan fingerprint density at radius 3 is 2.55 bits per heavy atom. The Hall–Kier alpha value is -1.54. The van der Waals surface area contributed by atoms with E-state index < -0.39 is 27.0 Å². The molecule has 2 N–H and O–H groups in total. The van der Waals surface area contributed by atoms with E-state index in [-0.39, 0.29) is 18.1 Å². The molecular weight excluding hydrogens is 326 g/mol. The van der Waals surface area contributed by atoms with E-state index in [0.29, 0.717) is 10.5 Å². The summed E-state index contributed by atoms with van der Waals surface area (Å²) in [5.41, 5.74) is 0.342. The summed E-state index contributed by atoms with van der Waals surface area (Å²) in [5, 5.41) is 10.8. The lowest BCUT2D eigenvalue weighted by Gasteiger charge is -2.11. The number of carboxylic acid groups (broad SMARTS) is 1. The number of amides is 1. The Kier molecular flexibility index (Phi) is 6.89. The molecule has 1 amide bonds. The van der Waals surface area contributed by atoms with Crippen LogP contribution in [0.15, 0.2) is 29.2 Å². The lowest BCUT2D eigenvalue weighted by atomic mass is 10.2. The van der Waals surface area contributed by atoms with E-state index in [0.717, 1.165) is 11.8 Å². The van der Waals surface area contributed by atoms with Gasteiger partial charge in [-0.15, -0.1) is 11.8 Å². The number of thioether (sulfide) groups is 1. The number of carbonyl (C=O) groups excluding carboxylic acids is 1. The van der Waals surface area contributed by atoms with Crippen LogP contribution in [0.5, 0.6) is 0 Å². The molecule has 22 heavy (non-hydrogen) atoms. The van der Waals surface area contributed by atoms with Crippen LogP contribution in [0, 0.1) is 0 Å². The lowest BCUT2D eigenvalue weighted by molar-refractivity contribution is -0.136. The maximum Gasteiger partial charge on any atom is 0.316 e. The Morgan fingerprint density at radius 1 is 1.32 bits per heavy atom. The van der Waals surface area contributed by atoms with Crippen LogP contribution in [0.3, 0.4) is 0 Å². The van der Waals surface area contributed by atoms with E-state index in [9.17, 15) is 18.0 Å². The Bertz CT molecular complexity index is 642. The van der Waals surface area contributed by atoms with E-state index in [1.807, 2.05) is 0 Å². The molecule has 0 aromatic heterocycles. The molecule has 0 radical (unpaired) electrons. The van der Waals surface area contributed by atoms with Gasteiger partial charge in [0.25, 0.3) is 5.91 Å². The van der Waals surface area contributed by atoms with Gasteiger partial charge in [-0.1, -0.05) is 19.1 Å². The van der Waals surface area contributed by atoms with E-state index in [4.69, 9.17) is 5.11 Å². The highest BCUT2D eigenvalue weighted by atomic mass is 32.2. The van der Waals surface area contributed by atoms with E-state index >= 15 is 0 Å². The summed E-state index contributed by atoms with van der Waals surface area (Å²) < 4.78 is 22.8. The van der Waals surface area contributed by atoms with Crippen LogP contribution < -0.4 is 5.32 Å². The van der Waals surface area contributed by atoms with Crippen LogP contribution >= 0.6 is 11.8 Å². The van der Waals surface area contributed by atoms with Gasteiger partial charge in [0.15, 0.2) is 9.84 Å². The summed E-state index contributed by atoms with van der Waals surface area (Å²) in [7, 11) is -3.14. The number of benzene rings is 1. The topological polar surface area (TPSA) is 101 Å². The van der Waals surface area contributed by atoms with Crippen molar-refractivity contribution >= 4 is 33.5 Å². The molecule has 6 nitrogen and oxygen atoms in total. The van der Waals surface area contributed by atoms with E-state index in [2.05, 4.69) is 5.32 Å². The van der Waals surface area contributed by atoms with Crippen LogP contribution in [0.2, 0.25) is 0 Å². The molecule has 1 atom stereocenters. The number of hydrogen-bond acceptors (Lipinski definition) is 5. The second-order valence-electron chi connectivity index (χ2n) is 4.59. The molecular formula is C14H19NO5S2. The Balaban J connectivity index is 2.75. The van der Waals surface area contributed by atoms with Gasteiger partial charge in [0, 0.05) is 17.2 Å². The molecule has 1 rings (SSSR count). The van der Waals surface area contributed by atoms with Crippen LogP contribution in [0.25, 0.3) is 0 Å². The van der Waals surface area contributed by atoms with Crippen molar-refractivity contribution in [2.24, 2.45) is 0 Å². The highest BCUT2D eigenvalue weighted by Gasteiger charge is 2.18. The monoisotopic (exact) mass is 345 g/mol. The summed E-state index contributed by atoms with van der Waals surface area (Å²) in [6.45, 7) is 3.12. The SMILES string of the molecule is CCS(=O)(=O)CCNC(=O)c1ccccc1SC(C)C(=O)O. The molecule has 0 saturated heterocycles. The van der Waals surface area contributed by atoms with Crippen molar-refractivity contribution in [2.75, 3.05) is 18.1 Å². The molecule has 1 aromatic rings. The molecule has 0 bridgehead atoms. The molecule has 0 saturated carbocycles. The molecule has 1 aromatic carbocycles. The number of hydrogen-bond donors (Lipinski definition) is 2. The minimum absolute atomic E-state index is 0.0302. The van der Waals surface area contributed by atoms with Gasteiger partial charge in [-0.25, -0.2) is 8.42 Å². The lowest BCUT2D eigenvalue weighted by Crippen LogP contribution is -2.30. The van der Waals surface area contributed by atoms with Crippen molar-refractivity contribution in [2.45, 2.75) is 24.0 Å². The number of aliphatic carboxylic acids is 1. The standard InChI is InChI=1S/C14H19NO5S2/c1-3-22(19,20)9-8-15-13(16)11-6-4-5-7-12(11)21-10(2)14(17)18/h4-7,10H,3,8-9H2,1-2H3,(H,15,16)(H,17,18). The number of rotatable bonds is 8. The minimum Gasteiger partial charge on any atom is -0.480 e. The van der Waals surface area contributed by atoms with E-state index in [1.54, 1.807) is 31.2 Å². The smallest absolute Gasteiger partial charge is 0.316 e. The number of sulfone groups is 1. The van der Waals surface area contributed by atoms with Gasteiger partial charge >= 0.3 is 5.97 Å². The van der Waals surface area contributed by atoms with Crippen molar-refractivity contribution in [1.82, 2.24) is 5.32 Å². The largest absolute Gasteiger partial charge is 0.480 e. The van der Waals surface area contributed by atoms with Crippen LogP contribution in [-0.4, -0.2) is 48.7 Å². The summed E-state index contributed by atoms with van der Waals surface area (Å²) in [6.07, 6.45) is 0. The quantitative estimate of drug-likeness (QED) is 0.691. The highest BCUT2D eigenvalue weighted by Crippen LogP contribution is 2.26. The third-order valence-electron chi connectivity index (χ3n) is 2.92. The van der Waals surface area contributed by atoms with Gasteiger partial charge < -0.3 is 10.4 Å². The van der Waals surface area contributed by atoms with Crippen molar-refractivity contribution < 1.29 is 23.1 Å². The third-order valence-corrected chi connectivity index (χ3v) is 5.79. The van der Waals surface area contributed by atoms with Crippen molar-refractivity contribution in [3.8, 4) is 0 Å². The first-order valence-corrected chi connectivity index (χ1v) is 9.44. The first-order valence-electron chi connectivity index (χ1n) is 6.74. The predicted octanol–water partition coefficient (Wildman–Crippen LogP) is 1.42. The molecule has 0 aliphatic carbocycles. The molecule has 0 aliphatic heterocycles. The summed E-state index contributed by atoms with van der Waals surface area (Å²) in [5.74, 6) is -1.46. The average Bonchev–Trinajstić information content (AvgIpc) is 2.47. The van der Waals surface area contributed by atoms with Gasteiger partial charge in [-0.05, 0) is 19.1 Å². The number of carbonyl (C=O) groups is 2. The number of carboxylic acids is 1.